The van der Waals surface area contributed by atoms with Crippen LogP contribution in [0.2, 0.25) is 0 Å². The number of nitrogens with zero attached hydrogens (tertiary/aromatic N) is 1. The number of piperidine rings is 1. The number of hydrogen-bond donors (Lipinski definition) is 1. The number of nitrogens with one attached hydrogen (secondary N) is 1. The van der Waals surface area contributed by atoms with Crippen molar-refractivity contribution in [2.24, 2.45) is 5.92 Å². The molecule has 0 spiro atoms. The van der Waals surface area contributed by atoms with Gasteiger partial charge in [0.1, 0.15) is 0 Å². The number of urea groups is 1. The number of fused-ring (bicyclic) bond motifs is 1. The zero-order valence-electron chi connectivity index (χ0n) is 11.5. The van der Waals surface area contributed by atoms with Gasteiger partial charge in [0.05, 0.1) is 13.5 Å². The summed E-state index contributed by atoms with van der Waals surface area (Å²) in [5.41, 5.74) is 1.42. The molecule has 0 radical (unpaired) electrons. The maximum absolute atomic E-state index is 12.0. The molecule has 1 aliphatic carbocycles. The van der Waals surface area contributed by atoms with Crippen molar-refractivity contribution in [2.45, 2.75) is 32.1 Å². The van der Waals surface area contributed by atoms with Crippen LogP contribution in [0.25, 0.3) is 0 Å². The number of carbonyl (C=O) groups excluding carboxylic acids is 2. The maximum atomic E-state index is 12.0. The van der Waals surface area contributed by atoms with E-state index in [1.165, 1.54) is 25.5 Å². The highest BCUT2D eigenvalue weighted by atomic mass is 16.5. The van der Waals surface area contributed by atoms with Gasteiger partial charge < -0.3 is 15.0 Å². The predicted octanol–water partition coefficient (Wildman–Crippen LogP) is 1.69. The summed E-state index contributed by atoms with van der Waals surface area (Å²) in [5, 5.41) is 2.77. The molecule has 0 aromatic carbocycles. The minimum atomic E-state index is -0.297. The Morgan fingerprint density at radius 1 is 1.47 bits per heavy atom. The van der Waals surface area contributed by atoms with E-state index in [4.69, 9.17) is 0 Å². The van der Waals surface area contributed by atoms with Gasteiger partial charge in [-0.2, -0.15) is 0 Å². The van der Waals surface area contributed by atoms with Crippen LogP contribution in [-0.4, -0.2) is 43.6 Å². The zero-order chi connectivity index (χ0) is 13.7. The monoisotopic (exact) mass is 266 g/mol. The number of rotatable bonds is 3. The van der Waals surface area contributed by atoms with Crippen LogP contribution in [0.5, 0.6) is 0 Å². The van der Waals surface area contributed by atoms with Crippen LogP contribution in [0.15, 0.2) is 11.6 Å². The van der Waals surface area contributed by atoms with Gasteiger partial charge in [-0.15, -0.1) is 0 Å². The van der Waals surface area contributed by atoms with Crippen molar-refractivity contribution in [2.75, 3.05) is 26.7 Å². The molecule has 1 fully saturated rings. The lowest BCUT2D eigenvalue weighted by atomic mass is 9.82. The Morgan fingerprint density at radius 3 is 3.11 bits per heavy atom. The van der Waals surface area contributed by atoms with E-state index in [0.29, 0.717) is 12.5 Å². The van der Waals surface area contributed by atoms with Crippen molar-refractivity contribution in [1.29, 1.82) is 0 Å². The number of amides is 2. The summed E-state index contributed by atoms with van der Waals surface area (Å²) in [6.45, 7) is 1.89. The van der Waals surface area contributed by atoms with E-state index >= 15 is 0 Å². The molecule has 0 saturated carbocycles. The highest BCUT2D eigenvalue weighted by Gasteiger charge is 2.27. The molecule has 1 unspecified atom stereocenters. The van der Waals surface area contributed by atoms with Crippen molar-refractivity contribution < 1.29 is 14.3 Å². The quantitative estimate of drug-likeness (QED) is 0.624. The third-order valence-electron chi connectivity index (χ3n) is 3.93. The fourth-order valence-corrected chi connectivity index (χ4v) is 2.80. The standard InChI is InChI=1S/C14H22N2O3/c1-19-13(17)6-8-15-14(18)16-9-7-11-4-2-3-5-12(11)10-16/h5,11H,2-4,6-10H2,1H3,(H,15,18). The number of allylic oxidation sites excluding steroid dienone is 1. The lowest BCUT2D eigenvalue weighted by Crippen LogP contribution is -2.46. The molecule has 1 saturated heterocycles. The average Bonchev–Trinajstić information content (AvgIpc) is 2.46. The summed E-state index contributed by atoms with van der Waals surface area (Å²) in [6, 6.07) is -0.0752. The van der Waals surface area contributed by atoms with Gasteiger partial charge >= 0.3 is 12.0 Å². The molecule has 0 aromatic rings. The zero-order valence-corrected chi connectivity index (χ0v) is 11.5. The second kappa shape index (κ2) is 6.59. The van der Waals surface area contributed by atoms with E-state index in [1.807, 2.05) is 4.90 Å². The summed E-state index contributed by atoms with van der Waals surface area (Å²) >= 11 is 0. The van der Waals surface area contributed by atoms with Gasteiger partial charge in [0.2, 0.25) is 0 Å². The molecule has 1 heterocycles. The molecule has 5 nitrogen and oxygen atoms in total. The maximum Gasteiger partial charge on any atom is 0.317 e. The van der Waals surface area contributed by atoms with Crippen LogP contribution in [-0.2, 0) is 9.53 Å². The van der Waals surface area contributed by atoms with Crippen molar-refractivity contribution in [3.8, 4) is 0 Å². The van der Waals surface area contributed by atoms with E-state index in [2.05, 4.69) is 16.1 Å². The largest absolute Gasteiger partial charge is 0.469 e. The highest BCUT2D eigenvalue weighted by molar-refractivity contribution is 5.76. The summed E-state index contributed by atoms with van der Waals surface area (Å²) in [6.07, 6.45) is 7.27. The molecule has 106 valence electrons. The number of hydrogen-bond acceptors (Lipinski definition) is 3. The first-order valence-corrected chi connectivity index (χ1v) is 6.99. The topological polar surface area (TPSA) is 58.6 Å². The number of carbonyl (C=O) groups is 2. The van der Waals surface area contributed by atoms with E-state index in [-0.39, 0.29) is 18.4 Å². The van der Waals surface area contributed by atoms with Gasteiger partial charge in [-0.05, 0) is 31.6 Å². The van der Waals surface area contributed by atoms with Gasteiger partial charge in [-0.25, -0.2) is 4.79 Å². The summed E-state index contributed by atoms with van der Waals surface area (Å²) in [4.78, 5) is 24.8. The van der Waals surface area contributed by atoms with Crippen molar-refractivity contribution in [3.63, 3.8) is 0 Å². The molecule has 0 aromatic heterocycles. The normalized spacial score (nSPS) is 22.3. The van der Waals surface area contributed by atoms with Crippen LogP contribution in [0.4, 0.5) is 4.79 Å². The number of methoxy groups -OCH3 is 1. The van der Waals surface area contributed by atoms with Gasteiger partial charge in [-0.1, -0.05) is 11.6 Å². The summed E-state index contributed by atoms with van der Waals surface area (Å²) in [5.74, 6) is 0.391. The molecule has 1 atom stereocenters. The van der Waals surface area contributed by atoms with Crippen molar-refractivity contribution >= 4 is 12.0 Å². The van der Waals surface area contributed by atoms with Crippen LogP contribution in [0, 0.1) is 5.92 Å². The molecular weight excluding hydrogens is 244 g/mol. The van der Waals surface area contributed by atoms with E-state index in [9.17, 15) is 9.59 Å². The minimum absolute atomic E-state index is 0.0752. The fraction of sp³-hybridized carbons (Fsp3) is 0.714. The highest BCUT2D eigenvalue weighted by Crippen LogP contribution is 2.31. The summed E-state index contributed by atoms with van der Waals surface area (Å²) < 4.78 is 4.54. The van der Waals surface area contributed by atoms with Gasteiger partial charge in [0, 0.05) is 19.6 Å². The summed E-state index contributed by atoms with van der Waals surface area (Å²) in [7, 11) is 1.35. The smallest absolute Gasteiger partial charge is 0.317 e. The average molecular weight is 266 g/mol. The molecule has 19 heavy (non-hydrogen) atoms. The molecule has 1 aliphatic heterocycles. The Morgan fingerprint density at radius 2 is 2.32 bits per heavy atom. The predicted molar refractivity (Wildman–Crippen MR) is 71.6 cm³/mol. The van der Waals surface area contributed by atoms with Crippen LogP contribution in [0.1, 0.15) is 32.1 Å². The Balaban J connectivity index is 1.77. The lowest BCUT2D eigenvalue weighted by molar-refractivity contribution is -0.140. The number of esters is 1. The third-order valence-corrected chi connectivity index (χ3v) is 3.93. The molecule has 2 amide bonds. The first kappa shape index (κ1) is 13.9. The first-order valence-electron chi connectivity index (χ1n) is 6.99. The van der Waals surface area contributed by atoms with E-state index in [1.54, 1.807) is 0 Å². The van der Waals surface area contributed by atoms with Gasteiger partial charge in [0.25, 0.3) is 0 Å². The van der Waals surface area contributed by atoms with Crippen molar-refractivity contribution in [1.82, 2.24) is 10.2 Å². The number of likely N-dealkylation sites (tertiary alicyclic amines) is 1. The lowest BCUT2D eigenvalue weighted by Gasteiger charge is -2.36. The van der Waals surface area contributed by atoms with Gasteiger partial charge in [-0.3, -0.25) is 4.79 Å². The van der Waals surface area contributed by atoms with E-state index in [0.717, 1.165) is 25.9 Å². The molecule has 2 aliphatic rings. The second-order valence-corrected chi connectivity index (χ2v) is 5.18. The van der Waals surface area contributed by atoms with E-state index < -0.39 is 0 Å². The fourth-order valence-electron chi connectivity index (χ4n) is 2.80. The Bertz CT molecular complexity index is 379. The molecule has 5 heteroatoms. The second-order valence-electron chi connectivity index (χ2n) is 5.18. The Labute approximate surface area is 114 Å². The molecule has 0 bridgehead atoms. The van der Waals surface area contributed by atoms with Crippen LogP contribution in [0.3, 0.4) is 0 Å². The van der Waals surface area contributed by atoms with Gasteiger partial charge in [0.15, 0.2) is 0 Å². The Hall–Kier alpha value is -1.52. The molecular formula is C14H22N2O3. The third kappa shape index (κ3) is 3.72. The van der Waals surface area contributed by atoms with Crippen LogP contribution >= 0.6 is 0 Å². The van der Waals surface area contributed by atoms with Crippen molar-refractivity contribution in [3.05, 3.63) is 11.6 Å². The Kier molecular flexibility index (Phi) is 4.82. The number of ether oxygens (including phenoxy) is 1. The van der Waals surface area contributed by atoms with Crippen LogP contribution < -0.4 is 5.32 Å². The SMILES string of the molecule is COC(=O)CCNC(=O)N1CCC2CCCC=C2C1. The minimum Gasteiger partial charge on any atom is -0.469 e. The molecule has 2 rings (SSSR count). The molecule has 1 N–H and O–H groups in total. The first-order chi connectivity index (χ1) is 9.20.